The van der Waals surface area contributed by atoms with Crippen LogP contribution in [-0.4, -0.2) is 11.9 Å². The van der Waals surface area contributed by atoms with E-state index in [4.69, 9.17) is 5.73 Å². The van der Waals surface area contributed by atoms with Gasteiger partial charge in [-0.25, -0.2) is 0 Å². The Bertz CT molecular complexity index is 322. The fourth-order valence-electron chi connectivity index (χ4n) is 1.11. The van der Waals surface area contributed by atoms with Gasteiger partial charge >= 0.3 is 0 Å². The average molecular weight is 238 g/mol. The lowest BCUT2D eigenvalue weighted by atomic mass is 10.1. The molecule has 0 heterocycles. The maximum Gasteiger partial charge on any atom is 0.0649 e. The van der Waals surface area contributed by atoms with Crippen LogP contribution in [-0.2, 0) is 6.42 Å². The zero-order valence-corrected chi connectivity index (χ0v) is 8.97. The molecule has 0 saturated carbocycles. The number of benzene rings is 1. The van der Waals surface area contributed by atoms with Crippen molar-refractivity contribution in [3.05, 3.63) is 35.4 Å². The van der Waals surface area contributed by atoms with Gasteiger partial charge in [0.15, 0.2) is 0 Å². The Kier molecular flexibility index (Phi) is 4.59. The second-order valence-corrected chi connectivity index (χ2v) is 3.24. The third-order valence-corrected chi connectivity index (χ3v) is 1.94. The van der Waals surface area contributed by atoms with Crippen LogP contribution < -0.4 is 5.73 Å². The molecule has 2 heteroatoms. The minimum Gasteiger partial charge on any atom is -0.330 e. The molecule has 0 aliphatic heterocycles. The summed E-state index contributed by atoms with van der Waals surface area (Å²) in [6.45, 7) is 0.690. The molecule has 1 aromatic carbocycles. The van der Waals surface area contributed by atoms with Gasteiger partial charge in [-0.15, -0.1) is 0 Å². The van der Waals surface area contributed by atoms with Gasteiger partial charge in [0.2, 0.25) is 0 Å². The Morgan fingerprint density at radius 2 is 2.23 bits per heavy atom. The minimum atomic E-state index is 0.690. The van der Waals surface area contributed by atoms with Crippen molar-refractivity contribution in [2.75, 3.05) is 11.9 Å². The van der Waals surface area contributed by atoms with Crippen LogP contribution in [0, 0.1) is 11.8 Å². The van der Waals surface area contributed by atoms with Crippen LogP contribution >= 0.6 is 15.9 Å². The summed E-state index contributed by atoms with van der Waals surface area (Å²) < 4.78 is 0. The molecule has 68 valence electrons. The lowest BCUT2D eigenvalue weighted by Crippen LogP contribution is -2.02. The number of halogens is 1. The highest BCUT2D eigenvalue weighted by Crippen LogP contribution is 2.04. The summed E-state index contributed by atoms with van der Waals surface area (Å²) in [7, 11) is 0. The third-order valence-electron chi connectivity index (χ3n) is 1.66. The molecule has 0 atom stereocenters. The van der Waals surface area contributed by atoms with E-state index >= 15 is 0 Å². The second kappa shape index (κ2) is 5.80. The molecule has 0 aliphatic carbocycles. The fourth-order valence-corrected chi connectivity index (χ4v) is 1.25. The van der Waals surface area contributed by atoms with Gasteiger partial charge in [0.25, 0.3) is 0 Å². The van der Waals surface area contributed by atoms with Gasteiger partial charge in [-0.2, -0.15) is 0 Å². The van der Waals surface area contributed by atoms with Gasteiger partial charge in [0, 0.05) is 5.56 Å². The van der Waals surface area contributed by atoms with E-state index in [-0.39, 0.29) is 0 Å². The van der Waals surface area contributed by atoms with Crippen LogP contribution in [0.2, 0.25) is 0 Å². The largest absolute Gasteiger partial charge is 0.330 e. The summed E-state index contributed by atoms with van der Waals surface area (Å²) in [6.07, 6.45) is 0.920. The maximum atomic E-state index is 5.47. The van der Waals surface area contributed by atoms with E-state index in [0.29, 0.717) is 11.9 Å². The van der Waals surface area contributed by atoms with Crippen LogP contribution in [0.3, 0.4) is 0 Å². The van der Waals surface area contributed by atoms with Gasteiger partial charge < -0.3 is 5.73 Å². The van der Waals surface area contributed by atoms with Crippen molar-refractivity contribution < 1.29 is 0 Å². The van der Waals surface area contributed by atoms with Crippen LogP contribution in [0.25, 0.3) is 0 Å². The van der Waals surface area contributed by atoms with Crippen molar-refractivity contribution in [2.24, 2.45) is 5.73 Å². The Morgan fingerprint density at radius 1 is 1.38 bits per heavy atom. The molecule has 13 heavy (non-hydrogen) atoms. The van der Waals surface area contributed by atoms with E-state index in [2.05, 4.69) is 39.9 Å². The molecule has 0 radical (unpaired) electrons. The molecular weight excluding hydrogens is 226 g/mol. The van der Waals surface area contributed by atoms with Gasteiger partial charge in [-0.3, -0.25) is 0 Å². The number of rotatable bonds is 2. The molecule has 0 aliphatic rings. The van der Waals surface area contributed by atoms with Crippen LogP contribution in [0.4, 0.5) is 0 Å². The maximum absolute atomic E-state index is 5.47. The Hall–Kier alpha value is -0.780. The molecule has 0 unspecified atom stereocenters. The number of hydrogen-bond donors (Lipinski definition) is 1. The van der Waals surface area contributed by atoms with Gasteiger partial charge in [-0.1, -0.05) is 39.9 Å². The standard InChI is InChI=1S/C11H12BrN/c12-7-2-5-10-3-1-4-11(9-10)6-8-13/h1,3-4,9H,6-8,13H2. The minimum absolute atomic E-state index is 0.690. The zero-order valence-electron chi connectivity index (χ0n) is 7.39. The molecule has 1 nitrogen and oxygen atoms in total. The first kappa shape index (κ1) is 10.3. The summed E-state index contributed by atoms with van der Waals surface area (Å²) in [5, 5.41) is 0.716. The normalized spacial score (nSPS) is 9.08. The highest BCUT2D eigenvalue weighted by atomic mass is 79.9. The van der Waals surface area contributed by atoms with Gasteiger partial charge in [0.05, 0.1) is 5.33 Å². The first-order chi connectivity index (χ1) is 6.36. The van der Waals surface area contributed by atoms with E-state index in [1.807, 2.05) is 12.1 Å². The third kappa shape index (κ3) is 3.63. The number of alkyl halides is 1. The molecule has 2 N–H and O–H groups in total. The van der Waals surface area contributed by atoms with Gasteiger partial charge in [0.1, 0.15) is 0 Å². The molecule has 1 rings (SSSR count). The highest BCUT2D eigenvalue weighted by Gasteiger charge is 1.91. The van der Waals surface area contributed by atoms with Gasteiger partial charge in [-0.05, 0) is 30.7 Å². The average Bonchev–Trinajstić information content (AvgIpc) is 2.16. The molecule has 0 spiro atoms. The second-order valence-electron chi connectivity index (χ2n) is 2.67. The highest BCUT2D eigenvalue weighted by molar-refractivity contribution is 9.09. The Balaban J connectivity index is 2.79. The van der Waals surface area contributed by atoms with Crippen molar-refractivity contribution >= 4 is 15.9 Å². The molecule has 0 amide bonds. The Labute approximate surface area is 87.5 Å². The summed E-state index contributed by atoms with van der Waals surface area (Å²) in [4.78, 5) is 0. The van der Waals surface area contributed by atoms with Crippen molar-refractivity contribution in [3.63, 3.8) is 0 Å². The monoisotopic (exact) mass is 237 g/mol. The van der Waals surface area contributed by atoms with Crippen molar-refractivity contribution in [2.45, 2.75) is 6.42 Å². The smallest absolute Gasteiger partial charge is 0.0649 e. The van der Waals surface area contributed by atoms with Crippen molar-refractivity contribution in [3.8, 4) is 11.8 Å². The topological polar surface area (TPSA) is 26.0 Å². The Morgan fingerprint density at radius 3 is 2.92 bits per heavy atom. The first-order valence-electron chi connectivity index (χ1n) is 4.20. The lowest BCUT2D eigenvalue weighted by Gasteiger charge is -1.98. The molecule has 1 aromatic rings. The van der Waals surface area contributed by atoms with E-state index in [0.717, 1.165) is 12.0 Å². The zero-order chi connectivity index (χ0) is 9.52. The molecule has 0 saturated heterocycles. The van der Waals surface area contributed by atoms with Crippen LogP contribution in [0.15, 0.2) is 24.3 Å². The molecule has 0 bridgehead atoms. The summed E-state index contributed by atoms with van der Waals surface area (Å²) >= 11 is 3.26. The number of hydrogen-bond acceptors (Lipinski definition) is 1. The van der Waals surface area contributed by atoms with Crippen LogP contribution in [0.5, 0.6) is 0 Å². The predicted molar refractivity (Wildman–Crippen MR) is 59.9 cm³/mol. The predicted octanol–water partition coefficient (Wildman–Crippen LogP) is 1.93. The fraction of sp³-hybridized carbons (Fsp3) is 0.273. The van der Waals surface area contributed by atoms with E-state index < -0.39 is 0 Å². The molecule has 0 aromatic heterocycles. The first-order valence-corrected chi connectivity index (χ1v) is 5.33. The lowest BCUT2D eigenvalue weighted by molar-refractivity contribution is 0.968. The van der Waals surface area contributed by atoms with Crippen molar-refractivity contribution in [1.29, 1.82) is 0 Å². The molecule has 0 fully saturated rings. The van der Waals surface area contributed by atoms with Crippen molar-refractivity contribution in [1.82, 2.24) is 0 Å². The quantitative estimate of drug-likeness (QED) is 0.618. The summed E-state index contributed by atoms with van der Waals surface area (Å²) in [6, 6.07) is 8.19. The molecular formula is C11H12BrN. The SMILES string of the molecule is NCCc1cccc(C#CCBr)c1. The summed E-state index contributed by atoms with van der Waals surface area (Å²) in [5.74, 6) is 6.02. The van der Waals surface area contributed by atoms with E-state index in [9.17, 15) is 0 Å². The van der Waals surface area contributed by atoms with Crippen LogP contribution in [0.1, 0.15) is 11.1 Å². The number of nitrogens with two attached hydrogens (primary N) is 1. The van der Waals surface area contributed by atoms with E-state index in [1.54, 1.807) is 0 Å². The van der Waals surface area contributed by atoms with E-state index in [1.165, 1.54) is 5.56 Å². The summed E-state index contributed by atoms with van der Waals surface area (Å²) in [5.41, 5.74) is 7.78.